The molecule has 0 bridgehead atoms. The summed E-state index contributed by atoms with van der Waals surface area (Å²) < 4.78 is 41.4. The number of fused-ring (bicyclic) bond motifs is 1. The number of alkyl halides is 2. The van der Waals surface area contributed by atoms with Gasteiger partial charge < -0.3 is 30.5 Å². The summed E-state index contributed by atoms with van der Waals surface area (Å²) in [4.78, 5) is 47.7. The van der Waals surface area contributed by atoms with Gasteiger partial charge in [-0.3, -0.25) is 4.79 Å². The molecule has 4 rings (SSSR count). The Labute approximate surface area is 316 Å². The van der Waals surface area contributed by atoms with Gasteiger partial charge in [0.1, 0.15) is 23.9 Å². The number of hydrogen-bond donors (Lipinski definition) is 3. The van der Waals surface area contributed by atoms with Crippen molar-refractivity contribution < 1.29 is 37.7 Å². The molecular formula is C39H46BrF2N5O6. The number of aliphatic hydroxyl groups is 1. The number of nitrogens with two attached hydrogens (primary N) is 1. The number of aryl methyl sites for hydroxylation is 2. The standard InChI is InChI=1S/C39H46BrF2N5O6/c1-22-16-25(17-23(2)31(22)39(41,42)21-48)32(34(49)46(9)20-26-18-27(43)10-13-30(26)40)45-28-11-12-29-24(19-28)14-15-44-33(29)47(35(50)52-37(3,4)5)36(51)53-38(6,7)8/h10-19,32,45,48H,20-21,43H2,1-9H3. The summed E-state index contributed by atoms with van der Waals surface area (Å²) >= 11 is 3.51. The Balaban J connectivity index is 1.81. The first kappa shape index (κ1) is 40.9. The number of hydrogen-bond acceptors (Lipinski definition) is 9. The molecule has 0 saturated heterocycles. The van der Waals surface area contributed by atoms with E-state index in [1.165, 1.54) is 37.1 Å². The topological polar surface area (TPSA) is 147 Å². The quantitative estimate of drug-likeness (QED) is 0.141. The predicted molar refractivity (Wildman–Crippen MR) is 205 cm³/mol. The molecule has 0 radical (unpaired) electrons. The number of carbonyl (C=O) groups is 3. The Morgan fingerprint density at radius 3 is 2.06 bits per heavy atom. The summed E-state index contributed by atoms with van der Waals surface area (Å²) in [6, 6.07) is 13.9. The van der Waals surface area contributed by atoms with Crippen LogP contribution in [0.2, 0.25) is 0 Å². The number of aromatic nitrogens is 1. The highest BCUT2D eigenvalue weighted by Gasteiger charge is 2.36. The van der Waals surface area contributed by atoms with Crippen LogP contribution in [0.3, 0.4) is 0 Å². The molecular weight excluding hydrogens is 752 g/mol. The fraction of sp³-hybridized carbons (Fsp3) is 0.385. The molecule has 1 unspecified atom stereocenters. The van der Waals surface area contributed by atoms with Crippen molar-refractivity contribution in [1.29, 1.82) is 0 Å². The number of benzene rings is 3. The van der Waals surface area contributed by atoms with Crippen molar-refractivity contribution in [3.8, 4) is 0 Å². The Hall–Kier alpha value is -4.82. The van der Waals surface area contributed by atoms with E-state index in [0.717, 1.165) is 14.9 Å². The van der Waals surface area contributed by atoms with E-state index >= 15 is 0 Å². The van der Waals surface area contributed by atoms with E-state index in [-0.39, 0.29) is 35.0 Å². The molecule has 0 saturated carbocycles. The number of halogens is 3. The SMILES string of the molecule is Cc1cc(C(Nc2ccc3c(N(C(=O)OC(C)(C)C)C(=O)OC(C)(C)C)nccc3c2)C(=O)N(C)Cc2cc(N)ccc2Br)cc(C)c1C(F)(F)CO. The Morgan fingerprint density at radius 1 is 0.925 bits per heavy atom. The van der Waals surface area contributed by atoms with Gasteiger partial charge in [-0.25, -0.2) is 14.6 Å². The molecule has 3 amide bonds. The van der Waals surface area contributed by atoms with Gasteiger partial charge in [-0.15, -0.1) is 0 Å². The Morgan fingerprint density at radius 2 is 1.51 bits per heavy atom. The van der Waals surface area contributed by atoms with Crippen LogP contribution in [0.15, 0.2) is 65.3 Å². The Kier molecular flexibility index (Phi) is 12.1. The molecule has 0 aliphatic heterocycles. The van der Waals surface area contributed by atoms with Crippen LogP contribution < -0.4 is 16.0 Å². The molecule has 0 fully saturated rings. The van der Waals surface area contributed by atoms with Crippen molar-refractivity contribution in [1.82, 2.24) is 9.88 Å². The molecule has 1 aromatic heterocycles. The van der Waals surface area contributed by atoms with Gasteiger partial charge >= 0.3 is 12.2 Å². The summed E-state index contributed by atoms with van der Waals surface area (Å²) in [6.45, 7) is 11.9. The minimum absolute atomic E-state index is 0.0238. The summed E-state index contributed by atoms with van der Waals surface area (Å²) in [7, 11) is 1.63. The lowest BCUT2D eigenvalue weighted by Crippen LogP contribution is -2.44. The van der Waals surface area contributed by atoms with E-state index in [1.54, 1.807) is 91.1 Å². The van der Waals surface area contributed by atoms with E-state index < -0.39 is 42.0 Å². The number of likely N-dealkylation sites (N-methyl/N-ethyl adjacent to an activating group) is 1. The zero-order chi connectivity index (χ0) is 39.6. The molecule has 1 atom stereocenters. The highest BCUT2D eigenvalue weighted by Crippen LogP contribution is 2.37. The molecule has 4 N–H and O–H groups in total. The Bertz CT molecular complexity index is 1980. The second-order valence-corrected chi connectivity index (χ2v) is 15.7. The van der Waals surface area contributed by atoms with Gasteiger partial charge in [0.2, 0.25) is 5.91 Å². The first-order valence-corrected chi connectivity index (χ1v) is 17.6. The van der Waals surface area contributed by atoms with Crippen LogP contribution in [0.25, 0.3) is 10.8 Å². The van der Waals surface area contributed by atoms with E-state index in [0.29, 0.717) is 27.7 Å². The first-order chi connectivity index (χ1) is 24.5. The van der Waals surface area contributed by atoms with Crippen LogP contribution in [0.1, 0.15) is 75.4 Å². The number of aliphatic hydroxyl groups excluding tert-OH is 1. The van der Waals surface area contributed by atoms with Gasteiger partial charge in [-0.05, 0) is 125 Å². The third kappa shape index (κ3) is 9.99. The molecule has 0 aliphatic carbocycles. The number of nitrogens with one attached hydrogen (secondary N) is 1. The monoisotopic (exact) mass is 797 g/mol. The average Bonchev–Trinajstić information content (AvgIpc) is 3.03. The van der Waals surface area contributed by atoms with Crippen molar-refractivity contribution in [3.05, 3.63) is 93.1 Å². The maximum absolute atomic E-state index is 14.8. The van der Waals surface area contributed by atoms with Crippen molar-refractivity contribution in [3.63, 3.8) is 0 Å². The molecule has 53 heavy (non-hydrogen) atoms. The minimum Gasteiger partial charge on any atom is -0.443 e. The fourth-order valence-corrected chi connectivity index (χ4v) is 6.21. The van der Waals surface area contributed by atoms with Crippen LogP contribution in [0.5, 0.6) is 0 Å². The molecule has 11 nitrogen and oxygen atoms in total. The van der Waals surface area contributed by atoms with E-state index in [4.69, 9.17) is 15.2 Å². The van der Waals surface area contributed by atoms with Gasteiger partial charge in [-0.1, -0.05) is 28.1 Å². The molecule has 14 heteroatoms. The maximum atomic E-state index is 14.8. The van der Waals surface area contributed by atoms with Gasteiger partial charge in [0.25, 0.3) is 5.92 Å². The third-order valence-corrected chi connectivity index (χ3v) is 8.75. The van der Waals surface area contributed by atoms with Gasteiger partial charge in [0.05, 0.1) is 0 Å². The molecule has 0 aliphatic rings. The van der Waals surface area contributed by atoms with Crippen molar-refractivity contribution in [2.24, 2.45) is 0 Å². The number of nitrogens with zero attached hydrogens (tertiary/aromatic N) is 3. The van der Waals surface area contributed by atoms with Crippen molar-refractivity contribution in [2.45, 2.75) is 85.1 Å². The van der Waals surface area contributed by atoms with Gasteiger partial charge in [0.15, 0.2) is 5.82 Å². The molecule has 284 valence electrons. The number of rotatable bonds is 9. The number of pyridine rings is 1. The maximum Gasteiger partial charge on any atom is 0.425 e. The van der Waals surface area contributed by atoms with Gasteiger partial charge in [-0.2, -0.15) is 13.7 Å². The fourth-order valence-electron chi connectivity index (χ4n) is 5.84. The van der Waals surface area contributed by atoms with Gasteiger partial charge in [0, 0.05) is 46.6 Å². The van der Waals surface area contributed by atoms with Crippen LogP contribution in [-0.4, -0.2) is 57.9 Å². The largest absolute Gasteiger partial charge is 0.443 e. The molecule has 3 aromatic carbocycles. The number of nitrogen functional groups attached to an aromatic ring is 1. The summed E-state index contributed by atoms with van der Waals surface area (Å²) in [5.74, 6) is -3.88. The zero-order valence-electron chi connectivity index (χ0n) is 31.3. The lowest BCUT2D eigenvalue weighted by molar-refractivity contribution is -0.131. The normalized spacial score (nSPS) is 12.6. The van der Waals surface area contributed by atoms with Crippen LogP contribution in [0.4, 0.5) is 35.6 Å². The molecule has 4 aromatic rings. The number of imide groups is 1. The number of ether oxygens (including phenoxy) is 2. The molecule has 0 spiro atoms. The number of carbonyl (C=O) groups excluding carboxylic acids is 3. The smallest absolute Gasteiger partial charge is 0.425 e. The van der Waals surface area contributed by atoms with E-state index in [2.05, 4.69) is 26.2 Å². The number of amides is 3. The van der Waals surface area contributed by atoms with Crippen LogP contribution in [-0.2, 0) is 26.7 Å². The highest BCUT2D eigenvalue weighted by atomic mass is 79.9. The lowest BCUT2D eigenvalue weighted by Gasteiger charge is -2.29. The predicted octanol–water partition coefficient (Wildman–Crippen LogP) is 8.77. The minimum atomic E-state index is -3.48. The third-order valence-electron chi connectivity index (χ3n) is 7.97. The van der Waals surface area contributed by atoms with Crippen LogP contribution >= 0.6 is 15.9 Å². The second kappa shape index (κ2) is 15.7. The first-order valence-electron chi connectivity index (χ1n) is 16.8. The molecule has 1 heterocycles. The van der Waals surface area contributed by atoms with Crippen molar-refractivity contribution in [2.75, 3.05) is 29.6 Å². The van der Waals surface area contributed by atoms with E-state index in [9.17, 15) is 28.3 Å². The number of anilines is 3. The summed E-state index contributed by atoms with van der Waals surface area (Å²) in [5, 5.41) is 13.7. The second-order valence-electron chi connectivity index (χ2n) is 14.9. The average molecular weight is 799 g/mol. The summed E-state index contributed by atoms with van der Waals surface area (Å²) in [5.41, 5.74) is 6.42. The lowest BCUT2D eigenvalue weighted by atomic mass is 9.91. The van der Waals surface area contributed by atoms with E-state index in [1.807, 2.05) is 0 Å². The highest BCUT2D eigenvalue weighted by molar-refractivity contribution is 9.10. The zero-order valence-corrected chi connectivity index (χ0v) is 32.9. The van der Waals surface area contributed by atoms with Crippen molar-refractivity contribution >= 4 is 62.0 Å². The summed E-state index contributed by atoms with van der Waals surface area (Å²) in [6.07, 6.45) is -0.527. The van der Waals surface area contributed by atoms with Crippen LogP contribution in [0, 0.1) is 13.8 Å².